The molecule has 0 aliphatic heterocycles. The third kappa shape index (κ3) is 9.72. The number of hydrogen-bond donors (Lipinski definition) is 1. The van der Waals surface area contributed by atoms with Crippen LogP contribution in [0.2, 0.25) is 0 Å². The minimum atomic E-state index is -0.0132. The first-order chi connectivity index (χ1) is 11.3. The van der Waals surface area contributed by atoms with Gasteiger partial charge in [-0.05, 0) is 43.2 Å². The summed E-state index contributed by atoms with van der Waals surface area (Å²) in [5, 5.41) is 3.99. The van der Waals surface area contributed by atoms with Crippen molar-refractivity contribution < 1.29 is 9.53 Å². The van der Waals surface area contributed by atoms with E-state index in [1.165, 1.54) is 32.1 Å². The van der Waals surface area contributed by atoms with Crippen molar-refractivity contribution in [3.05, 3.63) is 29.8 Å². The van der Waals surface area contributed by atoms with Crippen LogP contribution < -0.4 is 10.2 Å². The zero-order chi connectivity index (χ0) is 16.8. The van der Waals surface area contributed by atoms with Gasteiger partial charge in [0.25, 0.3) is 0 Å². The first-order valence-corrected chi connectivity index (χ1v) is 8.81. The fourth-order valence-corrected chi connectivity index (χ4v) is 2.29. The molecule has 1 rings (SSSR count). The first-order valence-electron chi connectivity index (χ1n) is 8.81. The van der Waals surface area contributed by atoms with Gasteiger partial charge < -0.3 is 4.74 Å². The first kappa shape index (κ1) is 19.2. The van der Waals surface area contributed by atoms with Crippen LogP contribution >= 0.6 is 0 Å². The van der Waals surface area contributed by atoms with Crippen LogP contribution in [0, 0.1) is 0 Å². The fourth-order valence-electron chi connectivity index (χ4n) is 2.29. The summed E-state index contributed by atoms with van der Waals surface area (Å²) in [7, 11) is 0. The van der Waals surface area contributed by atoms with Crippen molar-refractivity contribution >= 4 is 12.1 Å². The molecule has 0 spiro atoms. The molecule has 0 aliphatic rings. The average molecular weight is 318 g/mol. The molecule has 23 heavy (non-hydrogen) atoms. The van der Waals surface area contributed by atoms with Crippen LogP contribution in [0.3, 0.4) is 0 Å². The van der Waals surface area contributed by atoms with E-state index in [0.717, 1.165) is 24.2 Å². The minimum absolute atomic E-state index is 0.0132. The molecule has 4 heteroatoms. The molecule has 0 unspecified atom stereocenters. The van der Waals surface area contributed by atoms with Gasteiger partial charge in [0.15, 0.2) is 0 Å². The summed E-state index contributed by atoms with van der Waals surface area (Å²) in [6.45, 7) is 4.83. The van der Waals surface area contributed by atoms with Crippen molar-refractivity contribution in [2.45, 2.75) is 65.2 Å². The Kier molecular flexibility index (Phi) is 10.6. The largest absolute Gasteiger partial charge is 0.494 e. The van der Waals surface area contributed by atoms with E-state index in [0.29, 0.717) is 13.0 Å². The number of rotatable bonds is 12. The third-order valence-corrected chi connectivity index (χ3v) is 3.60. The van der Waals surface area contributed by atoms with Crippen LogP contribution in [-0.2, 0) is 4.79 Å². The molecule has 0 saturated heterocycles. The highest BCUT2D eigenvalue weighted by atomic mass is 16.5. The molecular formula is C19H30N2O2. The van der Waals surface area contributed by atoms with E-state index < -0.39 is 0 Å². The van der Waals surface area contributed by atoms with E-state index in [4.69, 9.17) is 4.74 Å². The van der Waals surface area contributed by atoms with Gasteiger partial charge in [0.1, 0.15) is 5.75 Å². The Morgan fingerprint density at radius 3 is 2.35 bits per heavy atom. The monoisotopic (exact) mass is 318 g/mol. The predicted molar refractivity (Wildman–Crippen MR) is 96.0 cm³/mol. The zero-order valence-electron chi connectivity index (χ0n) is 14.5. The summed E-state index contributed by atoms with van der Waals surface area (Å²) in [5.74, 6) is 0.827. The second-order valence-corrected chi connectivity index (χ2v) is 5.67. The van der Waals surface area contributed by atoms with Gasteiger partial charge in [0.2, 0.25) is 5.91 Å². The van der Waals surface area contributed by atoms with Gasteiger partial charge in [-0.3, -0.25) is 4.79 Å². The van der Waals surface area contributed by atoms with Crippen molar-refractivity contribution in [3.63, 3.8) is 0 Å². The third-order valence-electron chi connectivity index (χ3n) is 3.60. The second kappa shape index (κ2) is 12.7. The number of amides is 1. The summed E-state index contributed by atoms with van der Waals surface area (Å²) >= 11 is 0. The Labute approximate surface area is 140 Å². The predicted octanol–water partition coefficient (Wildman–Crippen LogP) is 4.68. The minimum Gasteiger partial charge on any atom is -0.494 e. The van der Waals surface area contributed by atoms with Crippen LogP contribution in [0.1, 0.15) is 70.8 Å². The molecule has 0 aromatic heterocycles. The van der Waals surface area contributed by atoms with E-state index in [1.54, 1.807) is 6.21 Å². The summed E-state index contributed by atoms with van der Waals surface area (Å²) in [6, 6.07) is 7.62. The quantitative estimate of drug-likeness (QED) is 0.346. The standard InChI is InChI=1S/C19H30N2O2/c1-3-5-6-7-8-9-10-11-19(22)21-20-16-17-12-14-18(15-13-17)23-4-2/h12-16H,3-11H2,1-2H3,(H,21,22)/b20-16+. The highest BCUT2D eigenvalue weighted by Gasteiger charge is 1.99. The number of carbonyl (C=O) groups is 1. The number of hydrogen-bond acceptors (Lipinski definition) is 3. The Morgan fingerprint density at radius 2 is 1.70 bits per heavy atom. The Balaban J connectivity index is 2.12. The smallest absolute Gasteiger partial charge is 0.240 e. The molecule has 128 valence electrons. The number of benzene rings is 1. The number of carbonyl (C=O) groups excluding carboxylic acids is 1. The molecular weight excluding hydrogens is 288 g/mol. The maximum Gasteiger partial charge on any atom is 0.240 e. The van der Waals surface area contributed by atoms with Crippen LogP contribution in [0.5, 0.6) is 5.75 Å². The number of nitrogens with one attached hydrogen (secondary N) is 1. The molecule has 0 bridgehead atoms. The molecule has 0 heterocycles. The van der Waals surface area contributed by atoms with E-state index >= 15 is 0 Å². The van der Waals surface area contributed by atoms with E-state index in [-0.39, 0.29) is 5.91 Å². The van der Waals surface area contributed by atoms with Crippen LogP contribution in [0.4, 0.5) is 0 Å². The van der Waals surface area contributed by atoms with Crippen molar-refractivity contribution in [2.24, 2.45) is 5.10 Å². The molecule has 1 aromatic rings. The van der Waals surface area contributed by atoms with E-state index in [1.807, 2.05) is 31.2 Å². The molecule has 4 nitrogen and oxygen atoms in total. The number of unbranched alkanes of at least 4 members (excludes halogenated alkanes) is 6. The SMILES string of the molecule is CCCCCCCCCC(=O)N/N=C/c1ccc(OCC)cc1. The highest BCUT2D eigenvalue weighted by Crippen LogP contribution is 2.11. The van der Waals surface area contributed by atoms with Crippen LogP contribution in [-0.4, -0.2) is 18.7 Å². The van der Waals surface area contributed by atoms with Gasteiger partial charge >= 0.3 is 0 Å². The van der Waals surface area contributed by atoms with Crippen molar-refractivity contribution in [1.82, 2.24) is 5.43 Å². The average Bonchev–Trinajstić information content (AvgIpc) is 2.56. The molecule has 0 saturated carbocycles. The van der Waals surface area contributed by atoms with Gasteiger partial charge in [-0.1, -0.05) is 45.4 Å². The normalized spacial score (nSPS) is 10.9. The second-order valence-electron chi connectivity index (χ2n) is 5.67. The molecule has 0 radical (unpaired) electrons. The number of ether oxygens (including phenoxy) is 1. The lowest BCUT2D eigenvalue weighted by Gasteiger charge is -2.02. The zero-order valence-corrected chi connectivity index (χ0v) is 14.5. The summed E-state index contributed by atoms with van der Waals surface area (Å²) < 4.78 is 5.38. The van der Waals surface area contributed by atoms with E-state index in [2.05, 4.69) is 17.5 Å². The lowest BCUT2D eigenvalue weighted by atomic mass is 10.1. The van der Waals surface area contributed by atoms with Crippen molar-refractivity contribution in [1.29, 1.82) is 0 Å². The molecule has 0 aliphatic carbocycles. The van der Waals surface area contributed by atoms with Crippen molar-refractivity contribution in [2.75, 3.05) is 6.61 Å². The lowest BCUT2D eigenvalue weighted by molar-refractivity contribution is -0.121. The Bertz CT molecular complexity index is 455. The van der Waals surface area contributed by atoms with Gasteiger partial charge in [-0.15, -0.1) is 0 Å². The van der Waals surface area contributed by atoms with E-state index in [9.17, 15) is 4.79 Å². The van der Waals surface area contributed by atoms with Crippen LogP contribution in [0.15, 0.2) is 29.4 Å². The molecule has 1 aromatic carbocycles. The maximum atomic E-state index is 11.7. The number of hydrazone groups is 1. The van der Waals surface area contributed by atoms with Crippen LogP contribution in [0.25, 0.3) is 0 Å². The van der Waals surface area contributed by atoms with Gasteiger partial charge in [0.05, 0.1) is 12.8 Å². The maximum absolute atomic E-state index is 11.7. The van der Waals surface area contributed by atoms with Gasteiger partial charge in [-0.25, -0.2) is 5.43 Å². The van der Waals surface area contributed by atoms with Gasteiger partial charge in [0, 0.05) is 6.42 Å². The summed E-state index contributed by atoms with van der Waals surface area (Å²) in [4.78, 5) is 11.7. The van der Waals surface area contributed by atoms with Gasteiger partial charge in [-0.2, -0.15) is 5.10 Å². The Hall–Kier alpha value is -1.84. The molecule has 0 atom stereocenters. The van der Waals surface area contributed by atoms with Crippen molar-refractivity contribution in [3.8, 4) is 5.75 Å². The highest BCUT2D eigenvalue weighted by molar-refractivity contribution is 5.82. The lowest BCUT2D eigenvalue weighted by Crippen LogP contribution is -2.16. The Morgan fingerprint density at radius 1 is 1.04 bits per heavy atom. The molecule has 1 amide bonds. The number of nitrogens with zero attached hydrogens (tertiary/aromatic N) is 1. The molecule has 0 fully saturated rings. The molecule has 1 N–H and O–H groups in total. The fraction of sp³-hybridized carbons (Fsp3) is 0.579. The topological polar surface area (TPSA) is 50.7 Å². The summed E-state index contributed by atoms with van der Waals surface area (Å²) in [5.41, 5.74) is 3.52. The summed E-state index contributed by atoms with van der Waals surface area (Å²) in [6.07, 6.45) is 10.7.